The molecule has 1 aromatic heterocycles. The van der Waals surface area contributed by atoms with Crippen LogP contribution in [0.4, 0.5) is 11.5 Å². The van der Waals surface area contributed by atoms with Gasteiger partial charge in [-0.25, -0.2) is 4.98 Å². The number of nitro groups is 1. The molecule has 0 aliphatic rings. The summed E-state index contributed by atoms with van der Waals surface area (Å²) in [6.45, 7) is 3.45. The highest BCUT2D eigenvalue weighted by molar-refractivity contribution is 5.98. The molecule has 1 rings (SSSR count). The van der Waals surface area contributed by atoms with Gasteiger partial charge < -0.3 is 16.2 Å². The van der Waals surface area contributed by atoms with Crippen LogP contribution in [0.1, 0.15) is 37.0 Å². The number of carboxylic acid groups (broad SMARTS) is 1. The highest BCUT2D eigenvalue weighted by Crippen LogP contribution is 2.24. The Balaban J connectivity index is 3.04. The molecule has 0 saturated heterocycles. The monoisotopic (exact) mass is 296 g/mol. The summed E-state index contributed by atoms with van der Waals surface area (Å²) >= 11 is 0. The maximum Gasteiger partial charge on any atom is 0.303 e. The average Bonchev–Trinajstić information content (AvgIpc) is 2.36. The van der Waals surface area contributed by atoms with Gasteiger partial charge in [0.05, 0.1) is 10.5 Å². The Morgan fingerprint density at radius 3 is 2.62 bits per heavy atom. The molecule has 0 aromatic carbocycles. The minimum absolute atomic E-state index is 0.0705. The van der Waals surface area contributed by atoms with E-state index in [9.17, 15) is 19.7 Å². The van der Waals surface area contributed by atoms with Crippen molar-refractivity contribution >= 4 is 23.4 Å². The van der Waals surface area contributed by atoms with E-state index >= 15 is 0 Å². The van der Waals surface area contributed by atoms with Crippen LogP contribution in [0.25, 0.3) is 0 Å². The molecule has 21 heavy (non-hydrogen) atoms. The van der Waals surface area contributed by atoms with Crippen LogP contribution in [-0.2, 0) is 4.79 Å². The largest absolute Gasteiger partial charge is 0.481 e. The van der Waals surface area contributed by atoms with Gasteiger partial charge in [-0.2, -0.15) is 0 Å². The van der Waals surface area contributed by atoms with Gasteiger partial charge in [0, 0.05) is 18.0 Å². The zero-order valence-electron chi connectivity index (χ0n) is 11.6. The first-order valence-corrected chi connectivity index (χ1v) is 6.06. The van der Waals surface area contributed by atoms with Gasteiger partial charge in [-0.1, -0.05) is 0 Å². The second-order valence-electron chi connectivity index (χ2n) is 5.11. The first-order chi connectivity index (χ1) is 9.62. The SMILES string of the molecule is CC(C)(CCC(=O)O)Nc1ncc([N+](=O)[O-])cc1C(N)=O. The zero-order chi connectivity index (χ0) is 16.2. The minimum atomic E-state index is -0.948. The first-order valence-electron chi connectivity index (χ1n) is 6.06. The summed E-state index contributed by atoms with van der Waals surface area (Å²) in [5.74, 6) is -1.72. The third kappa shape index (κ3) is 4.71. The third-order valence-corrected chi connectivity index (χ3v) is 2.77. The molecular weight excluding hydrogens is 280 g/mol. The normalized spacial score (nSPS) is 11.0. The summed E-state index contributed by atoms with van der Waals surface area (Å²) in [6.07, 6.45) is 1.21. The molecule has 0 unspecified atom stereocenters. The number of nitrogens with zero attached hydrogens (tertiary/aromatic N) is 2. The van der Waals surface area contributed by atoms with Crippen molar-refractivity contribution in [2.45, 2.75) is 32.2 Å². The molecule has 0 aliphatic carbocycles. The third-order valence-electron chi connectivity index (χ3n) is 2.77. The standard InChI is InChI=1S/C12H16N4O5/c1-12(2,4-3-9(17)18)15-11-8(10(13)19)5-7(6-14-11)16(20)21/h5-6H,3-4H2,1-2H3,(H2,13,19)(H,14,15)(H,17,18). The Bertz CT molecular complexity index is 585. The number of carbonyl (C=O) groups excluding carboxylic acids is 1. The quantitative estimate of drug-likeness (QED) is 0.504. The number of anilines is 1. The number of rotatable bonds is 7. The molecule has 9 heteroatoms. The number of pyridine rings is 1. The molecule has 0 spiro atoms. The van der Waals surface area contributed by atoms with Crippen LogP contribution in [0.15, 0.2) is 12.3 Å². The number of hydrogen-bond donors (Lipinski definition) is 3. The predicted octanol–water partition coefficient (Wildman–Crippen LogP) is 1.14. The second-order valence-corrected chi connectivity index (χ2v) is 5.11. The maximum atomic E-state index is 11.4. The molecule has 0 atom stereocenters. The molecule has 0 aliphatic heterocycles. The predicted molar refractivity (Wildman–Crippen MR) is 74.0 cm³/mol. The Morgan fingerprint density at radius 1 is 1.52 bits per heavy atom. The lowest BCUT2D eigenvalue weighted by Crippen LogP contribution is -2.33. The van der Waals surface area contributed by atoms with Gasteiger partial charge in [-0.05, 0) is 20.3 Å². The summed E-state index contributed by atoms with van der Waals surface area (Å²) < 4.78 is 0. The summed E-state index contributed by atoms with van der Waals surface area (Å²) in [5, 5.41) is 22.3. The second kappa shape index (κ2) is 6.16. The van der Waals surface area contributed by atoms with E-state index in [-0.39, 0.29) is 29.9 Å². The van der Waals surface area contributed by atoms with Crippen molar-refractivity contribution in [3.63, 3.8) is 0 Å². The molecule has 0 radical (unpaired) electrons. The van der Waals surface area contributed by atoms with Crippen LogP contribution in [-0.4, -0.2) is 32.4 Å². The van der Waals surface area contributed by atoms with Crippen LogP contribution < -0.4 is 11.1 Å². The van der Waals surface area contributed by atoms with Gasteiger partial charge >= 0.3 is 5.97 Å². The minimum Gasteiger partial charge on any atom is -0.481 e. The molecule has 9 nitrogen and oxygen atoms in total. The fourth-order valence-electron chi connectivity index (χ4n) is 1.64. The van der Waals surface area contributed by atoms with Crippen LogP contribution in [0.2, 0.25) is 0 Å². The zero-order valence-corrected chi connectivity index (χ0v) is 11.6. The van der Waals surface area contributed by atoms with E-state index in [4.69, 9.17) is 10.8 Å². The number of nitrogens with two attached hydrogens (primary N) is 1. The average molecular weight is 296 g/mol. The highest BCUT2D eigenvalue weighted by Gasteiger charge is 2.23. The lowest BCUT2D eigenvalue weighted by atomic mass is 9.98. The number of hydrogen-bond acceptors (Lipinski definition) is 6. The molecule has 0 bridgehead atoms. The van der Waals surface area contributed by atoms with E-state index in [0.29, 0.717) is 0 Å². The summed E-state index contributed by atoms with van der Waals surface area (Å²) in [6, 6.07) is 1.03. The summed E-state index contributed by atoms with van der Waals surface area (Å²) in [4.78, 5) is 35.8. The van der Waals surface area contributed by atoms with Crippen molar-refractivity contribution in [2.75, 3.05) is 5.32 Å². The number of amides is 1. The van der Waals surface area contributed by atoms with Gasteiger partial charge in [0.25, 0.3) is 11.6 Å². The van der Waals surface area contributed by atoms with Gasteiger partial charge in [-0.3, -0.25) is 19.7 Å². The van der Waals surface area contributed by atoms with E-state index in [2.05, 4.69) is 10.3 Å². The first kappa shape index (κ1) is 16.3. The van der Waals surface area contributed by atoms with Crippen molar-refractivity contribution in [3.05, 3.63) is 27.9 Å². The van der Waals surface area contributed by atoms with E-state index in [0.717, 1.165) is 12.3 Å². The highest BCUT2D eigenvalue weighted by atomic mass is 16.6. The molecule has 1 amide bonds. The van der Waals surface area contributed by atoms with Gasteiger partial charge in [0.15, 0.2) is 0 Å². The van der Waals surface area contributed by atoms with E-state index in [1.807, 2.05) is 0 Å². The van der Waals surface area contributed by atoms with E-state index in [1.54, 1.807) is 13.8 Å². The number of aliphatic carboxylic acids is 1. The number of aromatic nitrogens is 1. The lowest BCUT2D eigenvalue weighted by Gasteiger charge is -2.27. The fourth-order valence-corrected chi connectivity index (χ4v) is 1.64. The Morgan fingerprint density at radius 2 is 2.14 bits per heavy atom. The smallest absolute Gasteiger partial charge is 0.303 e. The van der Waals surface area contributed by atoms with Crippen molar-refractivity contribution < 1.29 is 19.6 Å². The van der Waals surface area contributed by atoms with E-state index < -0.39 is 22.3 Å². The van der Waals surface area contributed by atoms with Crippen LogP contribution in [0, 0.1) is 10.1 Å². The van der Waals surface area contributed by atoms with Crippen LogP contribution in [0.5, 0.6) is 0 Å². The summed E-state index contributed by atoms with van der Waals surface area (Å²) in [7, 11) is 0. The van der Waals surface area contributed by atoms with Crippen molar-refractivity contribution in [2.24, 2.45) is 5.73 Å². The molecular formula is C12H16N4O5. The van der Waals surface area contributed by atoms with Gasteiger partial charge in [0.1, 0.15) is 12.0 Å². The maximum absolute atomic E-state index is 11.4. The molecule has 4 N–H and O–H groups in total. The lowest BCUT2D eigenvalue weighted by molar-refractivity contribution is -0.385. The van der Waals surface area contributed by atoms with Gasteiger partial charge in [0.2, 0.25) is 0 Å². The Kier molecular flexibility index (Phi) is 4.79. The molecule has 1 aromatic rings. The molecule has 0 fully saturated rings. The number of carboxylic acids is 1. The van der Waals surface area contributed by atoms with Gasteiger partial charge in [-0.15, -0.1) is 0 Å². The van der Waals surface area contributed by atoms with Crippen LogP contribution in [0.3, 0.4) is 0 Å². The van der Waals surface area contributed by atoms with Crippen molar-refractivity contribution in [1.82, 2.24) is 4.98 Å². The number of primary amides is 1. The van der Waals surface area contributed by atoms with Crippen molar-refractivity contribution in [1.29, 1.82) is 0 Å². The van der Waals surface area contributed by atoms with Crippen LogP contribution >= 0.6 is 0 Å². The molecule has 1 heterocycles. The summed E-state index contributed by atoms with van der Waals surface area (Å²) in [5.41, 5.74) is 4.05. The van der Waals surface area contributed by atoms with E-state index in [1.165, 1.54) is 0 Å². The number of carbonyl (C=O) groups is 2. The Labute approximate surface area is 120 Å². The van der Waals surface area contributed by atoms with Crippen molar-refractivity contribution in [3.8, 4) is 0 Å². The topological polar surface area (TPSA) is 148 Å². The fraction of sp³-hybridized carbons (Fsp3) is 0.417. The molecule has 114 valence electrons. The Hall–Kier alpha value is -2.71. The molecule has 0 saturated carbocycles. The number of nitrogens with one attached hydrogen (secondary N) is 1.